The SMILES string of the molecule is CCCCOC(=O)C[C@H]1CCC[C@@H](COCc2ccccc2)O1. The van der Waals surface area contributed by atoms with Gasteiger partial charge in [0, 0.05) is 0 Å². The summed E-state index contributed by atoms with van der Waals surface area (Å²) in [5.41, 5.74) is 1.17. The van der Waals surface area contributed by atoms with Crippen LogP contribution in [-0.2, 0) is 25.6 Å². The van der Waals surface area contributed by atoms with E-state index in [4.69, 9.17) is 14.2 Å². The van der Waals surface area contributed by atoms with Gasteiger partial charge in [0.2, 0.25) is 0 Å². The van der Waals surface area contributed by atoms with Gasteiger partial charge in [-0.25, -0.2) is 0 Å². The third-order valence-corrected chi connectivity index (χ3v) is 4.01. The number of rotatable bonds is 9. The Labute approximate surface area is 139 Å². The molecule has 0 bridgehead atoms. The largest absolute Gasteiger partial charge is 0.466 e. The summed E-state index contributed by atoms with van der Waals surface area (Å²) < 4.78 is 16.9. The molecule has 4 heteroatoms. The summed E-state index contributed by atoms with van der Waals surface area (Å²) in [4.78, 5) is 11.8. The summed E-state index contributed by atoms with van der Waals surface area (Å²) in [6, 6.07) is 10.1. The van der Waals surface area contributed by atoms with Crippen molar-refractivity contribution in [1.82, 2.24) is 0 Å². The van der Waals surface area contributed by atoms with Gasteiger partial charge in [0.15, 0.2) is 0 Å². The minimum atomic E-state index is -0.144. The van der Waals surface area contributed by atoms with Gasteiger partial charge in [0.05, 0.1) is 38.4 Å². The Morgan fingerprint density at radius 3 is 2.78 bits per heavy atom. The molecular formula is C19H28O4. The van der Waals surface area contributed by atoms with Gasteiger partial charge in [-0.15, -0.1) is 0 Å². The van der Waals surface area contributed by atoms with Crippen molar-refractivity contribution in [2.75, 3.05) is 13.2 Å². The fourth-order valence-electron chi connectivity index (χ4n) is 2.71. The van der Waals surface area contributed by atoms with Crippen LogP contribution < -0.4 is 0 Å². The van der Waals surface area contributed by atoms with Gasteiger partial charge in [0.1, 0.15) is 0 Å². The number of esters is 1. The molecular weight excluding hydrogens is 292 g/mol. The van der Waals surface area contributed by atoms with E-state index < -0.39 is 0 Å². The molecule has 1 fully saturated rings. The molecule has 0 aromatic heterocycles. The second-order valence-electron chi connectivity index (χ2n) is 6.09. The smallest absolute Gasteiger partial charge is 0.308 e. The van der Waals surface area contributed by atoms with E-state index >= 15 is 0 Å². The molecule has 0 aliphatic carbocycles. The molecule has 0 radical (unpaired) electrons. The Bertz CT molecular complexity index is 446. The number of carbonyl (C=O) groups excluding carboxylic acids is 1. The fraction of sp³-hybridized carbons (Fsp3) is 0.632. The second kappa shape index (κ2) is 10.4. The van der Waals surface area contributed by atoms with Gasteiger partial charge in [-0.05, 0) is 31.2 Å². The molecule has 1 heterocycles. The van der Waals surface area contributed by atoms with Crippen LogP contribution in [0.15, 0.2) is 30.3 Å². The molecule has 1 aromatic carbocycles. The van der Waals surface area contributed by atoms with Crippen LogP contribution in [0.5, 0.6) is 0 Å². The number of ether oxygens (including phenoxy) is 3. The highest BCUT2D eigenvalue weighted by molar-refractivity contribution is 5.69. The van der Waals surface area contributed by atoms with Gasteiger partial charge in [-0.3, -0.25) is 4.79 Å². The van der Waals surface area contributed by atoms with Crippen LogP contribution in [0, 0.1) is 0 Å². The molecule has 1 aromatic rings. The lowest BCUT2D eigenvalue weighted by Gasteiger charge is -2.29. The molecule has 128 valence electrons. The van der Waals surface area contributed by atoms with Crippen molar-refractivity contribution in [3.05, 3.63) is 35.9 Å². The van der Waals surface area contributed by atoms with E-state index in [-0.39, 0.29) is 18.2 Å². The van der Waals surface area contributed by atoms with Crippen LogP contribution in [0.25, 0.3) is 0 Å². The number of hydrogen-bond donors (Lipinski definition) is 0. The van der Waals surface area contributed by atoms with Crippen LogP contribution in [-0.4, -0.2) is 31.4 Å². The van der Waals surface area contributed by atoms with E-state index in [0.29, 0.717) is 26.2 Å². The highest BCUT2D eigenvalue weighted by Gasteiger charge is 2.25. The van der Waals surface area contributed by atoms with Crippen molar-refractivity contribution in [2.24, 2.45) is 0 Å². The van der Waals surface area contributed by atoms with Crippen LogP contribution in [0.2, 0.25) is 0 Å². The molecule has 2 rings (SSSR count). The predicted octanol–water partition coefficient (Wildman–Crippen LogP) is 3.87. The lowest BCUT2D eigenvalue weighted by atomic mass is 10.0. The minimum absolute atomic E-state index is 0.0248. The fourth-order valence-corrected chi connectivity index (χ4v) is 2.71. The standard InChI is InChI=1S/C19H28O4/c1-2-3-12-22-19(20)13-17-10-7-11-18(23-17)15-21-14-16-8-5-4-6-9-16/h4-6,8-9,17-18H,2-3,7,10-15H2,1H3/t17-,18+/m1/s1. The normalized spacial score (nSPS) is 21.1. The Balaban J connectivity index is 1.64. The van der Waals surface area contributed by atoms with Crippen LogP contribution in [0.4, 0.5) is 0 Å². The summed E-state index contributed by atoms with van der Waals surface area (Å²) in [5, 5.41) is 0. The average Bonchev–Trinajstić information content (AvgIpc) is 2.56. The van der Waals surface area contributed by atoms with Crippen LogP contribution in [0.1, 0.15) is 51.0 Å². The number of carbonyl (C=O) groups is 1. The first-order valence-electron chi connectivity index (χ1n) is 8.70. The number of unbranched alkanes of at least 4 members (excludes halogenated alkanes) is 1. The molecule has 0 N–H and O–H groups in total. The molecule has 0 unspecified atom stereocenters. The molecule has 1 aliphatic heterocycles. The third-order valence-electron chi connectivity index (χ3n) is 4.01. The van der Waals surface area contributed by atoms with Crippen molar-refractivity contribution < 1.29 is 19.0 Å². The molecule has 23 heavy (non-hydrogen) atoms. The van der Waals surface area contributed by atoms with E-state index in [1.807, 2.05) is 18.2 Å². The van der Waals surface area contributed by atoms with Crippen LogP contribution in [0.3, 0.4) is 0 Å². The summed E-state index contributed by atoms with van der Waals surface area (Å²) in [6.07, 6.45) is 5.38. The lowest BCUT2D eigenvalue weighted by Crippen LogP contribution is -2.32. The Kier molecular flexibility index (Phi) is 8.12. The van der Waals surface area contributed by atoms with Gasteiger partial charge in [-0.1, -0.05) is 43.7 Å². The van der Waals surface area contributed by atoms with Crippen molar-refractivity contribution in [2.45, 2.75) is 64.3 Å². The third kappa shape index (κ3) is 7.14. The zero-order valence-electron chi connectivity index (χ0n) is 14.0. The first-order valence-corrected chi connectivity index (χ1v) is 8.70. The first kappa shape index (κ1) is 18.0. The van der Waals surface area contributed by atoms with E-state index in [9.17, 15) is 4.79 Å². The lowest BCUT2D eigenvalue weighted by molar-refractivity contribution is -0.151. The van der Waals surface area contributed by atoms with Gasteiger partial charge in [0.25, 0.3) is 0 Å². The van der Waals surface area contributed by atoms with E-state index in [0.717, 1.165) is 32.1 Å². The highest BCUT2D eigenvalue weighted by atomic mass is 16.5. The summed E-state index contributed by atoms with van der Waals surface area (Å²) >= 11 is 0. The molecule has 0 spiro atoms. The molecule has 0 saturated carbocycles. The zero-order chi connectivity index (χ0) is 16.3. The maximum absolute atomic E-state index is 11.8. The average molecular weight is 320 g/mol. The number of benzene rings is 1. The highest BCUT2D eigenvalue weighted by Crippen LogP contribution is 2.22. The number of hydrogen-bond acceptors (Lipinski definition) is 4. The van der Waals surface area contributed by atoms with E-state index in [2.05, 4.69) is 19.1 Å². The first-order chi connectivity index (χ1) is 11.3. The summed E-state index contributed by atoms with van der Waals surface area (Å²) in [6.45, 7) is 3.78. The topological polar surface area (TPSA) is 44.8 Å². The second-order valence-corrected chi connectivity index (χ2v) is 6.09. The summed E-state index contributed by atoms with van der Waals surface area (Å²) in [7, 11) is 0. The molecule has 1 aliphatic rings. The minimum Gasteiger partial charge on any atom is -0.466 e. The Morgan fingerprint density at radius 2 is 2.00 bits per heavy atom. The van der Waals surface area contributed by atoms with Crippen LogP contribution >= 0.6 is 0 Å². The van der Waals surface area contributed by atoms with Gasteiger partial charge < -0.3 is 14.2 Å². The Morgan fingerprint density at radius 1 is 1.22 bits per heavy atom. The maximum atomic E-state index is 11.8. The van der Waals surface area contributed by atoms with Gasteiger partial charge >= 0.3 is 5.97 Å². The zero-order valence-corrected chi connectivity index (χ0v) is 14.0. The summed E-state index contributed by atoms with van der Waals surface area (Å²) in [5.74, 6) is -0.144. The molecule has 0 amide bonds. The molecule has 2 atom stereocenters. The van der Waals surface area contributed by atoms with Crippen molar-refractivity contribution in [3.63, 3.8) is 0 Å². The van der Waals surface area contributed by atoms with Crippen molar-refractivity contribution >= 4 is 5.97 Å². The van der Waals surface area contributed by atoms with E-state index in [1.54, 1.807) is 0 Å². The molecule has 4 nitrogen and oxygen atoms in total. The Hall–Kier alpha value is -1.39. The quantitative estimate of drug-likeness (QED) is 0.512. The van der Waals surface area contributed by atoms with E-state index in [1.165, 1.54) is 5.56 Å². The monoisotopic (exact) mass is 320 g/mol. The molecule has 1 saturated heterocycles. The maximum Gasteiger partial charge on any atom is 0.308 e. The predicted molar refractivity (Wildman–Crippen MR) is 89.1 cm³/mol. The van der Waals surface area contributed by atoms with Crippen molar-refractivity contribution in [1.29, 1.82) is 0 Å². The van der Waals surface area contributed by atoms with Crippen molar-refractivity contribution in [3.8, 4) is 0 Å². The van der Waals surface area contributed by atoms with Gasteiger partial charge in [-0.2, -0.15) is 0 Å².